The van der Waals surface area contributed by atoms with Crippen LogP contribution >= 0.6 is 0 Å². The molecule has 0 unspecified atom stereocenters. The van der Waals surface area contributed by atoms with Crippen molar-refractivity contribution < 1.29 is 201 Å². The van der Waals surface area contributed by atoms with E-state index in [2.05, 4.69) is 0 Å². The zero-order valence-electron chi connectivity index (χ0n) is 17.0. The first kappa shape index (κ1) is 91.2. The Hall–Kier alpha value is -3.16. The van der Waals surface area contributed by atoms with Crippen molar-refractivity contribution in [3.63, 3.8) is 0 Å². The van der Waals surface area contributed by atoms with E-state index >= 15 is 0 Å². The Morgan fingerprint density at radius 3 is 0.231 bits per heavy atom. The molecule has 0 aromatic rings. The van der Waals surface area contributed by atoms with E-state index < -0.39 is 59.7 Å². The van der Waals surface area contributed by atoms with Crippen molar-refractivity contribution in [3.8, 4) is 0 Å². The molecule has 29 heteroatoms. The molecule has 0 aliphatic rings. The van der Waals surface area contributed by atoms with Gasteiger partial charge in [-0.25, -0.2) is 0 Å². The van der Waals surface area contributed by atoms with Gasteiger partial charge in [0, 0.05) is 0 Å². The minimum atomic E-state index is -2.19. The quantitative estimate of drug-likeness (QED) is 0.209. The molecule has 0 N–H and O–H groups in total. The average molecular weight is 724 g/mol. The molecular weight excluding hydrogens is 724 g/mol. The Labute approximate surface area is 259 Å². The minimum Gasteiger partial charge on any atom is -2.00 e. The molecule has 0 aromatic carbocycles. The second-order valence-electron chi connectivity index (χ2n) is 2.87. The van der Waals surface area contributed by atoms with Crippen LogP contribution in [0.5, 0.6) is 0 Å². The molecule has 0 spiro atoms. The van der Waals surface area contributed by atoms with Crippen LogP contribution in [0.4, 0.5) is 0 Å². The molecule has 25 nitrogen and oxygen atoms in total. The molecule has 0 rings (SSSR count). The summed E-state index contributed by atoms with van der Waals surface area (Å²) >= 11 is 0. The van der Waals surface area contributed by atoms with Gasteiger partial charge in [0.2, 0.25) is 0 Å². The summed E-state index contributed by atoms with van der Waals surface area (Å²) in [5.74, 6) is -21.9. The van der Waals surface area contributed by atoms with Gasteiger partial charge in [-0.15, -0.1) is 0 Å². The van der Waals surface area contributed by atoms with Gasteiger partial charge in [0.05, 0.1) is 59.7 Å². The van der Waals surface area contributed by atoms with Crippen LogP contribution in [0.25, 0.3) is 0 Å². The molecule has 210 valence electrons. The van der Waals surface area contributed by atoms with Crippen LogP contribution in [0.15, 0.2) is 0 Å². The Balaban J connectivity index is -0.0000000158. The first-order chi connectivity index (χ1) is 13.2. The van der Waals surface area contributed by atoms with E-state index in [1.165, 1.54) is 0 Å². The number of carbonyl (C=O) groups excluding carboxylic acids is 10. The van der Waals surface area contributed by atoms with Crippen molar-refractivity contribution in [2.45, 2.75) is 0 Å². The van der Waals surface area contributed by atoms with Crippen molar-refractivity contribution in [3.05, 3.63) is 0 Å². The van der Waals surface area contributed by atoms with E-state index in [1.54, 1.807) is 0 Å². The van der Waals surface area contributed by atoms with Crippen LogP contribution in [0.2, 0.25) is 0 Å². The normalized spacial score (nSPS) is 5.64. The van der Waals surface area contributed by atoms with E-state index in [1.807, 2.05) is 0 Å². The number of hydrogen-bond donors (Lipinski definition) is 0. The van der Waals surface area contributed by atoms with Gasteiger partial charge < -0.3 is 126 Å². The summed E-state index contributed by atoms with van der Waals surface area (Å²) in [6.07, 6.45) is 0. The zero-order valence-corrected chi connectivity index (χ0v) is 22.6. The van der Waals surface area contributed by atoms with Crippen LogP contribution in [0, 0.1) is 0 Å². The summed E-state index contributed by atoms with van der Waals surface area (Å²) in [5, 5.41) is 89.3. The number of aliphatic carboxylic acids is 10. The molecule has 0 fully saturated rings. The third-order valence-electron chi connectivity index (χ3n) is 0.833. The fraction of sp³-hybridized carbons (Fsp3) is 0. The molecule has 0 atom stereocenters. The summed E-state index contributed by atoms with van der Waals surface area (Å²) in [4.78, 5) is 89.3. The molecule has 0 saturated heterocycles. The Kier molecular flexibility index (Phi) is 130. The predicted octanol–water partition coefficient (Wildman–Crippen LogP) is -18.2. The molecular formula is C10O25V4. The van der Waals surface area contributed by atoms with E-state index in [-0.39, 0.29) is 102 Å². The van der Waals surface area contributed by atoms with Crippen molar-refractivity contribution in [1.82, 2.24) is 0 Å². The fourth-order valence-electron chi connectivity index (χ4n) is 0. The number of rotatable bonds is 0. The maximum Gasteiger partial charge on any atom is 5.00 e. The monoisotopic (exact) mass is 724 g/mol. The van der Waals surface area contributed by atoms with Gasteiger partial charge in [0.25, 0.3) is 0 Å². The predicted molar refractivity (Wildman–Crippen MR) is 53.5 cm³/mol. The van der Waals surface area contributed by atoms with Crippen molar-refractivity contribution in [2.24, 2.45) is 0 Å². The molecule has 0 radical (unpaired) electrons. The summed E-state index contributed by atoms with van der Waals surface area (Å²) in [5.41, 5.74) is 0. The van der Waals surface area contributed by atoms with E-state index in [9.17, 15) is 0 Å². The Morgan fingerprint density at radius 1 is 0.205 bits per heavy atom. The number of carbonyl (C=O) groups is 10. The summed E-state index contributed by atoms with van der Waals surface area (Å²) in [6.45, 7) is 0. The largest absolute Gasteiger partial charge is 5.00 e. The number of carboxylic acids is 10. The van der Waals surface area contributed by atoms with Gasteiger partial charge in [-0.1, -0.05) is 0 Å². The SMILES string of the molecule is O=C([O-])C(=O)[O-].O=C([O-])C(=O)[O-].O=C([O-])C(=O)[O-].O=C([O-])C(=O)[O-].O=C([O-])C(=O)[O-].[O-2].[O-2].[O-2].[O-2].[O-2].[V+5].[V+5].[V+5].[V+5]. The number of hydrogen-bond acceptors (Lipinski definition) is 20. The second kappa shape index (κ2) is 55.4. The van der Waals surface area contributed by atoms with Gasteiger partial charge >= 0.3 is 74.2 Å². The fourth-order valence-corrected chi connectivity index (χ4v) is 0. The van der Waals surface area contributed by atoms with Gasteiger partial charge in [-0.05, 0) is 0 Å². The molecule has 0 aromatic heterocycles. The molecule has 0 aliphatic heterocycles. The van der Waals surface area contributed by atoms with Gasteiger partial charge in [0.1, 0.15) is 0 Å². The van der Waals surface area contributed by atoms with E-state index in [4.69, 9.17) is 99.0 Å². The molecule has 39 heavy (non-hydrogen) atoms. The topological polar surface area (TPSA) is 544 Å². The molecule has 0 bridgehead atoms. The van der Waals surface area contributed by atoms with Crippen LogP contribution in [-0.2, 0) is 150 Å². The molecule has 0 aliphatic carbocycles. The van der Waals surface area contributed by atoms with Crippen LogP contribution in [-0.4, -0.2) is 59.7 Å². The van der Waals surface area contributed by atoms with Crippen molar-refractivity contribution in [1.29, 1.82) is 0 Å². The van der Waals surface area contributed by atoms with Crippen molar-refractivity contribution in [2.75, 3.05) is 0 Å². The third kappa shape index (κ3) is 133. The second-order valence-corrected chi connectivity index (χ2v) is 2.87. The van der Waals surface area contributed by atoms with Crippen molar-refractivity contribution >= 4 is 59.7 Å². The number of carboxylic acid groups (broad SMARTS) is 10. The first-order valence-electron chi connectivity index (χ1n) is 5.33. The maximum absolute atomic E-state index is 8.93. The summed E-state index contributed by atoms with van der Waals surface area (Å²) < 4.78 is 0. The minimum absolute atomic E-state index is 0. The first-order valence-corrected chi connectivity index (χ1v) is 5.33. The Morgan fingerprint density at radius 2 is 0.231 bits per heavy atom. The summed E-state index contributed by atoms with van der Waals surface area (Å²) in [7, 11) is 0. The van der Waals surface area contributed by atoms with E-state index in [0.29, 0.717) is 0 Å². The average Bonchev–Trinajstić information content (AvgIpc) is 2.56. The van der Waals surface area contributed by atoms with Gasteiger partial charge in [-0.2, -0.15) is 0 Å². The van der Waals surface area contributed by atoms with E-state index in [0.717, 1.165) is 0 Å². The Bertz CT molecular complexity index is 518. The van der Waals surface area contributed by atoms with Gasteiger partial charge in [-0.3, -0.25) is 0 Å². The van der Waals surface area contributed by atoms with Gasteiger partial charge in [0.15, 0.2) is 0 Å². The van der Waals surface area contributed by atoms with Crippen LogP contribution < -0.4 is 51.1 Å². The van der Waals surface area contributed by atoms with Crippen LogP contribution in [0.3, 0.4) is 0 Å². The summed E-state index contributed by atoms with van der Waals surface area (Å²) in [6, 6.07) is 0. The maximum atomic E-state index is 8.93. The zero-order chi connectivity index (χ0) is 25.8. The molecule has 0 saturated carbocycles. The standard InChI is InChI=1S/5C2H2O4.5O.4V/c5*3-1(4)2(5)6;;;;;;;;;/h5*(H,3,4)(H,5,6);;;;;;;;;/q;;;;;5*-2;4*+5/p-10. The third-order valence-corrected chi connectivity index (χ3v) is 0.833. The molecule has 0 amide bonds. The molecule has 0 heterocycles. The van der Waals surface area contributed by atoms with Crippen LogP contribution in [0.1, 0.15) is 0 Å². The smallest absolute Gasteiger partial charge is 2.00 e.